The van der Waals surface area contributed by atoms with Crippen molar-refractivity contribution >= 4 is 19.6 Å². The normalized spacial score (nSPS) is 10.2. The second-order valence-electron chi connectivity index (χ2n) is 6.64. The van der Waals surface area contributed by atoms with E-state index in [0.29, 0.717) is 34.4 Å². The zero-order chi connectivity index (χ0) is 22.3. The molecule has 0 spiro atoms. The third-order valence-electron chi connectivity index (χ3n) is 4.26. The van der Waals surface area contributed by atoms with Gasteiger partial charge in [0.2, 0.25) is 0 Å². The molecule has 8 heteroatoms. The van der Waals surface area contributed by atoms with Crippen molar-refractivity contribution in [2.24, 2.45) is 0 Å². The van der Waals surface area contributed by atoms with Gasteiger partial charge in [0.05, 0.1) is 11.4 Å². The number of para-hydroxylation sites is 2. The lowest BCUT2D eigenvalue weighted by atomic mass is 10.3. The van der Waals surface area contributed by atoms with Gasteiger partial charge in [-0.15, -0.1) is 0 Å². The van der Waals surface area contributed by atoms with Crippen LogP contribution in [0.3, 0.4) is 0 Å². The van der Waals surface area contributed by atoms with E-state index in [1.807, 2.05) is 60.7 Å². The summed E-state index contributed by atoms with van der Waals surface area (Å²) in [4.78, 5) is 0. The second kappa shape index (κ2) is 9.73. The second-order valence-corrected chi connectivity index (χ2v) is 7.45. The standard InChI is InChI=1S/C24H20N2O5P/c25-21-15-19(11-13-23(21)28-17-7-3-1-4-8-17)30-32(27)31-20-12-14-24(22(26)16-20)29-18-9-5-2-6-10-18/h1-16H,25-26H2/q+1. The Balaban J connectivity index is 1.37. The van der Waals surface area contributed by atoms with Gasteiger partial charge in [-0.25, -0.2) is 9.05 Å². The number of ether oxygens (including phenoxy) is 2. The molecule has 0 radical (unpaired) electrons. The third kappa shape index (κ3) is 5.47. The molecule has 0 saturated carbocycles. The third-order valence-corrected chi connectivity index (χ3v) is 4.98. The molecule has 4 N–H and O–H groups in total. The minimum atomic E-state index is -2.52. The van der Waals surface area contributed by atoms with E-state index in [2.05, 4.69) is 0 Å². The van der Waals surface area contributed by atoms with E-state index in [-0.39, 0.29) is 11.5 Å². The van der Waals surface area contributed by atoms with Crippen LogP contribution in [0.5, 0.6) is 34.5 Å². The maximum Gasteiger partial charge on any atom is 0.805 e. The Morgan fingerprint density at radius 3 is 1.31 bits per heavy atom. The van der Waals surface area contributed by atoms with Crippen LogP contribution in [-0.4, -0.2) is 0 Å². The highest BCUT2D eigenvalue weighted by Gasteiger charge is 2.25. The lowest BCUT2D eigenvalue weighted by Gasteiger charge is -2.08. The molecule has 0 bridgehead atoms. The van der Waals surface area contributed by atoms with Crippen molar-refractivity contribution in [2.45, 2.75) is 0 Å². The predicted octanol–water partition coefficient (Wildman–Crippen LogP) is 6.55. The molecule has 0 aliphatic heterocycles. The van der Waals surface area contributed by atoms with Crippen molar-refractivity contribution in [3.63, 3.8) is 0 Å². The maximum absolute atomic E-state index is 12.3. The van der Waals surface area contributed by atoms with Gasteiger partial charge in [0.15, 0.2) is 23.0 Å². The van der Waals surface area contributed by atoms with Gasteiger partial charge in [-0.05, 0) is 48.5 Å². The fourth-order valence-corrected chi connectivity index (χ4v) is 3.38. The van der Waals surface area contributed by atoms with E-state index in [0.717, 1.165) is 0 Å². The highest BCUT2D eigenvalue weighted by molar-refractivity contribution is 7.34. The molecule has 4 rings (SSSR count). The maximum atomic E-state index is 12.3. The highest BCUT2D eigenvalue weighted by Crippen LogP contribution is 2.37. The molecule has 0 unspecified atom stereocenters. The average Bonchev–Trinajstić information content (AvgIpc) is 2.79. The zero-order valence-corrected chi connectivity index (χ0v) is 17.8. The first-order valence-corrected chi connectivity index (χ1v) is 10.7. The van der Waals surface area contributed by atoms with Gasteiger partial charge in [0, 0.05) is 16.7 Å². The molecule has 0 fully saturated rings. The number of nitrogens with two attached hydrogens (primary N) is 2. The summed E-state index contributed by atoms with van der Waals surface area (Å²) in [5.74, 6) is 2.78. The number of nitrogen functional groups attached to an aromatic ring is 2. The van der Waals surface area contributed by atoms with Gasteiger partial charge in [0.25, 0.3) is 0 Å². The van der Waals surface area contributed by atoms with Gasteiger partial charge in [0.1, 0.15) is 11.5 Å². The van der Waals surface area contributed by atoms with Crippen molar-refractivity contribution in [1.82, 2.24) is 0 Å². The summed E-state index contributed by atoms with van der Waals surface area (Å²) in [5, 5.41) is 0. The quantitative estimate of drug-likeness (QED) is 0.233. The zero-order valence-electron chi connectivity index (χ0n) is 16.9. The van der Waals surface area contributed by atoms with Crippen LogP contribution in [0.4, 0.5) is 11.4 Å². The van der Waals surface area contributed by atoms with Crippen LogP contribution in [0, 0.1) is 0 Å². The largest absolute Gasteiger partial charge is 0.805 e. The summed E-state index contributed by atoms with van der Waals surface area (Å²) >= 11 is 0. The molecule has 0 heterocycles. The Labute approximate surface area is 186 Å². The molecule has 7 nitrogen and oxygen atoms in total. The minimum absolute atomic E-state index is 0.279. The van der Waals surface area contributed by atoms with Crippen LogP contribution in [0.25, 0.3) is 0 Å². The van der Waals surface area contributed by atoms with Crippen molar-refractivity contribution in [2.75, 3.05) is 11.5 Å². The fraction of sp³-hybridized carbons (Fsp3) is 0. The Kier molecular flexibility index (Phi) is 6.39. The first-order valence-electron chi connectivity index (χ1n) is 9.65. The van der Waals surface area contributed by atoms with Crippen LogP contribution < -0.4 is 30.0 Å². The highest BCUT2D eigenvalue weighted by atomic mass is 31.1. The molecule has 160 valence electrons. The number of benzene rings is 4. The van der Waals surface area contributed by atoms with Gasteiger partial charge < -0.3 is 20.9 Å². The van der Waals surface area contributed by atoms with E-state index in [1.54, 1.807) is 24.3 Å². The van der Waals surface area contributed by atoms with Crippen LogP contribution in [-0.2, 0) is 4.57 Å². The Hall–Kier alpha value is -4.22. The summed E-state index contributed by atoms with van der Waals surface area (Å²) in [7, 11) is -2.52. The summed E-state index contributed by atoms with van der Waals surface area (Å²) in [6.07, 6.45) is 0. The number of hydrogen-bond acceptors (Lipinski definition) is 7. The van der Waals surface area contributed by atoms with Gasteiger partial charge in [-0.2, -0.15) is 0 Å². The fourth-order valence-electron chi connectivity index (χ4n) is 2.77. The molecule has 0 saturated heterocycles. The van der Waals surface area contributed by atoms with E-state index < -0.39 is 8.25 Å². The summed E-state index contributed by atoms with van der Waals surface area (Å²) in [6, 6.07) is 28.0. The molecule has 0 amide bonds. The summed E-state index contributed by atoms with van der Waals surface area (Å²) in [5.41, 5.74) is 12.7. The molecule has 0 atom stereocenters. The topological polar surface area (TPSA) is 106 Å². The Morgan fingerprint density at radius 1 is 0.531 bits per heavy atom. The average molecular weight is 447 g/mol. The molecule has 4 aromatic carbocycles. The first-order chi connectivity index (χ1) is 15.6. The van der Waals surface area contributed by atoms with E-state index in [9.17, 15) is 4.57 Å². The van der Waals surface area contributed by atoms with Crippen molar-refractivity contribution in [3.8, 4) is 34.5 Å². The number of rotatable bonds is 8. The van der Waals surface area contributed by atoms with Crippen molar-refractivity contribution < 1.29 is 23.1 Å². The number of hydrogen-bond donors (Lipinski definition) is 2. The molecule has 0 aliphatic rings. The first kappa shape index (κ1) is 21.0. The Bertz CT molecular complexity index is 1120. The van der Waals surface area contributed by atoms with Crippen LogP contribution >= 0.6 is 8.25 Å². The van der Waals surface area contributed by atoms with Crippen LogP contribution in [0.15, 0.2) is 97.1 Å². The minimum Gasteiger partial charge on any atom is -0.455 e. The molecule has 0 aliphatic carbocycles. The van der Waals surface area contributed by atoms with Crippen LogP contribution in [0.2, 0.25) is 0 Å². The van der Waals surface area contributed by atoms with Crippen LogP contribution in [0.1, 0.15) is 0 Å². The predicted molar refractivity (Wildman–Crippen MR) is 124 cm³/mol. The summed E-state index contributed by atoms with van der Waals surface area (Å²) in [6.45, 7) is 0. The van der Waals surface area contributed by atoms with E-state index in [4.69, 9.17) is 30.0 Å². The van der Waals surface area contributed by atoms with Crippen molar-refractivity contribution in [1.29, 1.82) is 0 Å². The number of anilines is 2. The van der Waals surface area contributed by atoms with E-state index >= 15 is 0 Å². The molecule has 0 aromatic heterocycles. The Morgan fingerprint density at radius 2 is 0.938 bits per heavy atom. The van der Waals surface area contributed by atoms with E-state index in [1.165, 1.54) is 12.1 Å². The van der Waals surface area contributed by atoms with Gasteiger partial charge in [-0.1, -0.05) is 36.4 Å². The SMILES string of the molecule is Nc1cc(O[P+](=O)Oc2ccc(Oc3ccccc3)c(N)c2)ccc1Oc1ccccc1. The van der Waals surface area contributed by atoms with Gasteiger partial charge >= 0.3 is 8.25 Å². The molecular weight excluding hydrogens is 427 g/mol. The van der Waals surface area contributed by atoms with Gasteiger partial charge in [-0.3, -0.25) is 0 Å². The molecule has 32 heavy (non-hydrogen) atoms. The lowest BCUT2D eigenvalue weighted by molar-refractivity contribution is 0.414. The lowest BCUT2D eigenvalue weighted by Crippen LogP contribution is -1.95. The molecule has 4 aromatic rings. The summed E-state index contributed by atoms with van der Waals surface area (Å²) < 4.78 is 34.5. The van der Waals surface area contributed by atoms with Crippen molar-refractivity contribution in [3.05, 3.63) is 97.1 Å². The smallest absolute Gasteiger partial charge is 0.455 e. The molecular formula is C24H20N2O5P+. The monoisotopic (exact) mass is 447 g/mol.